The van der Waals surface area contributed by atoms with Gasteiger partial charge in [-0.25, -0.2) is 9.48 Å². The van der Waals surface area contributed by atoms with Gasteiger partial charge in [0, 0.05) is 0 Å². The number of carboxylic acid groups (broad SMARTS) is 1. The number of carbonyl (C=O) groups is 1. The number of hydrogen-bond donors (Lipinski definition) is 2. The SMILES string of the molecule is Cc1nnnn1C[C@@H](O)COc1ccc(C(=O)O)cc1. The highest BCUT2D eigenvalue weighted by atomic mass is 16.5. The maximum absolute atomic E-state index is 10.7. The molecule has 0 bridgehead atoms. The number of aryl methyl sites for hydroxylation is 1. The quantitative estimate of drug-likeness (QED) is 0.772. The molecule has 2 rings (SSSR count). The first-order valence-electron chi connectivity index (χ1n) is 5.93. The molecule has 8 nitrogen and oxygen atoms in total. The predicted octanol–water partition coefficient (Wildman–Crippen LogP) is 0.120. The minimum atomic E-state index is -0.995. The second-order valence-electron chi connectivity index (χ2n) is 4.20. The van der Waals surface area contributed by atoms with E-state index in [4.69, 9.17) is 9.84 Å². The van der Waals surface area contributed by atoms with E-state index in [1.807, 2.05) is 0 Å². The van der Waals surface area contributed by atoms with Gasteiger partial charge in [0.1, 0.15) is 24.3 Å². The van der Waals surface area contributed by atoms with Crippen LogP contribution in [0.1, 0.15) is 16.2 Å². The highest BCUT2D eigenvalue weighted by Crippen LogP contribution is 2.12. The highest BCUT2D eigenvalue weighted by Gasteiger charge is 2.10. The van der Waals surface area contributed by atoms with Crippen LogP contribution in [-0.4, -0.2) is 49.1 Å². The number of ether oxygens (including phenoxy) is 1. The molecule has 0 saturated carbocycles. The van der Waals surface area contributed by atoms with Gasteiger partial charge in [-0.2, -0.15) is 0 Å². The van der Waals surface area contributed by atoms with Crippen molar-refractivity contribution in [3.8, 4) is 5.75 Å². The Morgan fingerprint density at radius 1 is 1.40 bits per heavy atom. The molecule has 0 unspecified atom stereocenters. The van der Waals surface area contributed by atoms with Crippen molar-refractivity contribution < 1.29 is 19.7 Å². The summed E-state index contributed by atoms with van der Waals surface area (Å²) in [5, 5.41) is 29.5. The number of aliphatic hydroxyl groups excluding tert-OH is 1. The van der Waals surface area contributed by atoms with E-state index in [0.29, 0.717) is 11.6 Å². The fourth-order valence-electron chi connectivity index (χ4n) is 1.56. The predicted molar refractivity (Wildman–Crippen MR) is 67.5 cm³/mol. The summed E-state index contributed by atoms with van der Waals surface area (Å²) in [5.41, 5.74) is 0.183. The van der Waals surface area contributed by atoms with E-state index in [2.05, 4.69) is 15.5 Å². The Labute approximate surface area is 114 Å². The van der Waals surface area contributed by atoms with Crippen molar-refractivity contribution in [1.82, 2.24) is 20.2 Å². The molecule has 0 spiro atoms. The van der Waals surface area contributed by atoms with E-state index in [9.17, 15) is 9.90 Å². The number of hydrogen-bond acceptors (Lipinski definition) is 6. The number of carboxylic acids is 1. The third-order valence-electron chi connectivity index (χ3n) is 2.64. The van der Waals surface area contributed by atoms with E-state index >= 15 is 0 Å². The van der Waals surface area contributed by atoms with Crippen LogP contribution < -0.4 is 4.74 Å². The molecule has 8 heteroatoms. The van der Waals surface area contributed by atoms with Crippen molar-refractivity contribution in [2.45, 2.75) is 19.6 Å². The van der Waals surface area contributed by atoms with Gasteiger partial charge < -0.3 is 14.9 Å². The molecule has 20 heavy (non-hydrogen) atoms. The largest absolute Gasteiger partial charge is 0.491 e. The molecule has 1 atom stereocenters. The minimum absolute atomic E-state index is 0.0612. The normalized spacial score (nSPS) is 12.1. The monoisotopic (exact) mass is 278 g/mol. The van der Waals surface area contributed by atoms with Crippen LogP contribution in [0.3, 0.4) is 0 Å². The lowest BCUT2D eigenvalue weighted by molar-refractivity contribution is 0.0696. The van der Waals surface area contributed by atoms with Crippen molar-refractivity contribution in [2.75, 3.05) is 6.61 Å². The van der Waals surface area contributed by atoms with Crippen molar-refractivity contribution >= 4 is 5.97 Å². The number of tetrazole rings is 1. The van der Waals surface area contributed by atoms with E-state index < -0.39 is 12.1 Å². The smallest absolute Gasteiger partial charge is 0.335 e. The van der Waals surface area contributed by atoms with Crippen LogP contribution in [0, 0.1) is 6.92 Å². The van der Waals surface area contributed by atoms with E-state index in [-0.39, 0.29) is 18.7 Å². The topological polar surface area (TPSA) is 110 Å². The van der Waals surface area contributed by atoms with E-state index in [1.54, 1.807) is 19.1 Å². The molecule has 0 aliphatic carbocycles. The summed E-state index contributed by atoms with van der Waals surface area (Å²) in [4.78, 5) is 10.7. The Balaban J connectivity index is 1.85. The maximum atomic E-state index is 10.7. The second-order valence-corrected chi connectivity index (χ2v) is 4.20. The number of aromatic nitrogens is 4. The molecule has 0 saturated heterocycles. The molecule has 2 aromatic rings. The van der Waals surface area contributed by atoms with Crippen LogP contribution in [0.4, 0.5) is 0 Å². The molecule has 0 amide bonds. The first-order valence-corrected chi connectivity index (χ1v) is 5.93. The fraction of sp³-hybridized carbons (Fsp3) is 0.333. The number of rotatable bonds is 6. The van der Waals surface area contributed by atoms with E-state index in [1.165, 1.54) is 16.8 Å². The summed E-state index contributed by atoms with van der Waals surface area (Å²) < 4.78 is 6.84. The van der Waals surface area contributed by atoms with Gasteiger partial charge in [0.05, 0.1) is 12.1 Å². The zero-order valence-corrected chi connectivity index (χ0v) is 10.8. The summed E-state index contributed by atoms with van der Waals surface area (Å²) in [6.45, 7) is 2.02. The lowest BCUT2D eigenvalue weighted by Crippen LogP contribution is -2.24. The number of benzene rings is 1. The zero-order chi connectivity index (χ0) is 14.5. The van der Waals surface area contributed by atoms with Crippen molar-refractivity contribution in [3.05, 3.63) is 35.7 Å². The Hall–Kier alpha value is -2.48. The zero-order valence-electron chi connectivity index (χ0n) is 10.8. The van der Waals surface area contributed by atoms with Crippen LogP contribution in [-0.2, 0) is 6.54 Å². The minimum Gasteiger partial charge on any atom is -0.491 e. The Kier molecular flexibility index (Phi) is 4.26. The van der Waals surface area contributed by atoms with Gasteiger partial charge in [0.25, 0.3) is 0 Å². The third kappa shape index (κ3) is 3.51. The van der Waals surface area contributed by atoms with Crippen LogP contribution in [0.5, 0.6) is 5.75 Å². The molecule has 1 heterocycles. The standard InChI is InChI=1S/C12H14N4O4/c1-8-13-14-15-16(8)6-10(17)7-20-11-4-2-9(3-5-11)12(18)19/h2-5,10,17H,6-7H2,1H3,(H,18,19)/t10-/m1/s1. The maximum Gasteiger partial charge on any atom is 0.335 e. The second kappa shape index (κ2) is 6.11. The van der Waals surface area contributed by atoms with E-state index in [0.717, 1.165) is 0 Å². The summed E-state index contributed by atoms with van der Waals surface area (Å²) in [6, 6.07) is 5.96. The van der Waals surface area contributed by atoms with Gasteiger partial charge in [-0.05, 0) is 41.6 Å². The van der Waals surface area contributed by atoms with Gasteiger partial charge in [-0.3, -0.25) is 0 Å². The third-order valence-corrected chi connectivity index (χ3v) is 2.64. The Morgan fingerprint density at radius 2 is 2.10 bits per heavy atom. The van der Waals surface area contributed by atoms with Crippen LogP contribution in [0.15, 0.2) is 24.3 Å². The summed E-state index contributed by atoms with van der Waals surface area (Å²) in [6.07, 6.45) is -0.767. The molecule has 1 aromatic heterocycles. The average molecular weight is 278 g/mol. The summed E-state index contributed by atoms with van der Waals surface area (Å²) in [7, 11) is 0. The molecule has 2 N–H and O–H groups in total. The first-order chi connectivity index (χ1) is 9.56. The van der Waals surface area contributed by atoms with Gasteiger partial charge in [-0.1, -0.05) is 0 Å². The van der Waals surface area contributed by atoms with Crippen molar-refractivity contribution in [1.29, 1.82) is 0 Å². The summed E-state index contributed by atoms with van der Waals surface area (Å²) in [5.74, 6) is 0.100. The van der Waals surface area contributed by atoms with Gasteiger partial charge in [0.2, 0.25) is 0 Å². The number of nitrogens with zero attached hydrogens (tertiary/aromatic N) is 4. The van der Waals surface area contributed by atoms with Gasteiger partial charge in [-0.15, -0.1) is 5.10 Å². The molecule has 0 radical (unpaired) electrons. The fourth-order valence-corrected chi connectivity index (χ4v) is 1.56. The van der Waals surface area contributed by atoms with Gasteiger partial charge >= 0.3 is 5.97 Å². The molecule has 0 aliphatic rings. The number of aromatic carboxylic acids is 1. The summed E-state index contributed by atoms with van der Waals surface area (Å²) >= 11 is 0. The lowest BCUT2D eigenvalue weighted by atomic mass is 10.2. The number of aliphatic hydroxyl groups is 1. The Bertz CT molecular complexity index is 581. The molecule has 0 aliphatic heterocycles. The lowest BCUT2D eigenvalue weighted by Gasteiger charge is -2.12. The molecule has 106 valence electrons. The molecular weight excluding hydrogens is 264 g/mol. The van der Waals surface area contributed by atoms with Crippen LogP contribution >= 0.6 is 0 Å². The average Bonchev–Trinajstić information content (AvgIpc) is 2.82. The Morgan fingerprint density at radius 3 is 2.65 bits per heavy atom. The highest BCUT2D eigenvalue weighted by molar-refractivity contribution is 5.87. The van der Waals surface area contributed by atoms with Crippen LogP contribution in [0.2, 0.25) is 0 Å². The van der Waals surface area contributed by atoms with Crippen LogP contribution in [0.25, 0.3) is 0 Å². The molecular formula is C12H14N4O4. The van der Waals surface area contributed by atoms with Crippen molar-refractivity contribution in [2.24, 2.45) is 0 Å². The first kappa shape index (κ1) is 13.9. The van der Waals surface area contributed by atoms with Crippen molar-refractivity contribution in [3.63, 3.8) is 0 Å². The van der Waals surface area contributed by atoms with Gasteiger partial charge in [0.15, 0.2) is 0 Å². The molecule has 1 aromatic carbocycles. The molecule has 0 fully saturated rings.